The minimum Gasteiger partial charge on any atom is -0.507 e. The zero-order valence-electron chi connectivity index (χ0n) is 17.0. The highest BCUT2D eigenvalue weighted by atomic mass is 32.2. The van der Waals surface area contributed by atoms with E-state index in [0.29, 0.717) is 28.8 Å². The average Bonchev–Trinajstić information content (AvgIpc) is 2.87. The Morgan fingerprint density at radius 2 is 1.67 bits per heavy atom. The van der Waals surface area contributed by atoms with Gasteiger partial charge in [0.25, 0.3) is 5.91 Å². The van der Waals surface area contributed by atoms with Crippen LogP contribution in [0.2, 0.25) is 0 Å². The second-order valence-electron chi connectivity index (χ2n) is 8.79. The molecular weight excluding hydrogens is 360 g/mol. The summed E-state index contributed by atoms with van der Waals surface area (Å²) in [6.07, 6.45) is 2.42. The number of aromatic hydroxyl groups is 1. The molecule has 1 heterocycles. The van der Waals surface area contributed by atoms with Crippen molar-refractivity contribution in [2.24, 2.45) is 4.99 Å². The summed E-state index contributed by atoms with van der Waals surface area (Å²) in [5, 5.41) is 23.0. The normalized spacial score (nSPS) is 18.4. The molecule has 0 atom stereocenters. The summed E-state index contributed by atoms with van der Waals surface area (Å²) in [4.78, 5) is 17.1. The highest BCUT2D eigenvalue weighted by molar-refractivity contribution is 8.18. The van der Waals surface area contributed by atoms with Crippen LogP contribution in [0.5, 0.6) is 5.75 Å². The van der Waals surface area contributed by atoms with Crippen LogP contribution < -0.4 is 5.32 Å². The number of amidine groups is 1. The molecule has 0 saturated carbocycles. The zero-order valence-corrected chi connectivity index (χ0v) is 17.8. The summed E-state index contributed by atoms with van der Waals surface area (Å²) in [6, 6.07) is 3.90. The zero-order chi connectivity index (χ0) is 20.4. The number of benzene rings is 1. The monoisotopic (exact) mass is 390 g/mol. The van der Waals surface area contributed by atoms with E-state index in [1.807, 2.05) is 18.2 Å². The number of nitrogens with zero attached hydrogens (tertiary/aromatic N) is 1. The average molecular weight is 391 g/mol. The minimum atomic E-state index is -0.222. The van der Waals surface area contributed by atoms with Gasteiger partial charge in [-0.2, -0.15) is 0 Å². The SMILES string of the molecule is CC(C)(C)c1cc(/C=C2\SC(=NCCCO)NC2=O)cc(C(C)(C)C)c1O. The van der Waals surface area contributed by atoms with Gasteiger partial charge < -0.3 is 15.5 Å². The van der Waals surface area contributed by atoms with Crippen LogP contribution in [0.3, 0.4) is 0 Å². The predicted molar refractivity (Wildman–Crippen MR) is 113 cm³/mol. The van der Waals surface area contributed by atoms with Crippen molar-refractivity contribution in [2.45, 2.75) is 58.8 Å². The number of phenols is 1. The lowest BCUT2D eigenvalue weighted by atomic mass is 9.78. The van der Waals surface area contributed by atoms with E-state index in [1.54, 1.807) is 0 Å². The summed E-state index contributed by atoms with van der Waals surface area (Å²) >= 11 is 1.30. The van der Waals surface area contributed by atoms with E-state index in [2.05, 4.69) is 51.9 Å². The number of aliphatic hydroxyl groups excluding tert-OH is 1. The first-order valence-electron chi connectivity index (χ1n) is 9.17. The van der Waals surface area contributed by atoms with Gasteiger partial charge >= 0.3 is 0 Å². The number of rotatable bonds is 4. The Morgan fingerprint density at radius 3 is 2.15 bits per heavy atom. The fourth-order valence-corrected chi connectivity index (χ4v) is 3.63. The molecule has 0 aromatic heterocycles. The smallest absolute Gasteiger partial charge is 0.264 e. The van der Waals surface area contributed by atoms with Crippen LogP contribution in [-0.2, 0) is 15.6 Å². The third-order valence-corrected chi connectivity index (χ3v) is 5.22. The number of nitrogens with one attached hydrogen (secondary N) is 1. The van der Waals surface area contributed by atoms with Gasteiger partial charge in [-0.15, -0.1) is 0 Å². The fraction of sp³-hybridized carbons (Fsp3) is 0.524. The van der Waals surface area contributed by atoms with Crippen LogP contribution in [0.1, 0.15) is 64.7 Å². The van der Waals surface area contributed by atoms with Crippen molar-refractivity contribution in [2.75, 3.05) is 13.2 Å². The van der Waals surface area contributed by atoms with Crippen LogP contribution in [0.25, 0.3) is 6.08 Å². The molecule has 1 aromatic rings. The van der Waals surface area contributed by atoms with Gasteiger partial charge in [0, 0.05) is 24.3 Å². The number of hydrogen-bond donors (Lipinski definition) is 3. The predicted octanol–water partition coefficient (Wildman–Crippen LogP) is 3.93. The third-order valence-electron chi connectivity index (χ3n) is 4.27. The molecule has 2 rings (SSSR count). The highest BCUT2D eigenvalue weighted by Crippen LogP contribution is 2.40. The summed E-state index contributed by atoms with van der Waals surface area (Å²) < 4.78 is 0. The molecule has 0 radical (unpaired) electrons. The molecule has 0 spiro atoms. The molecule has 1 saturated heterocycles. The van der Waals surface area contributed by atoms with Crippen LogP contribution >= 0.6 is 11.8 Å². The molecule has 1 aliphatic rings. The first-order valence-corrected chi connectivity index (χ1v) is 9.99. The number of hydrogen-bond acceptors (Lipinski definition) is 5. The molecule has 3 N–H and O–H groups in total. The Morgan fingerprint density at radius 1 is 1.11 bits per heavy atom. The number of thioether (sulfide) groups is 1. The van der Waals surface area contributed by atoms with Crippen molar-refractivity contribution < 1.29 is 15.0 Å². The Balaban J connectivity index is 2.45. The van der Waals surface area contributed by atoms with Crippen LogP contribution in [0.4, 0.5) is 0 Å². The van der Waals surface area contributed by atoms with Crippen LogP contribution in [0.15, 0.2) is 22.0 Å². The van der Waals surface area contributed by atoms with Gasteiger partial charge in [0.05, 0.1) is 4.91 Å². The molecule has 5 nitrogen and oxygen atoms in total. The van der Waals surface area contributed by atoms with Crippen LogP contribution in [-0.4, -0.2) is 34.4 Å². The van der Waals surface area contributed by atoms with Crippen molar-refractivity contribution in [3.05, 3.63) is 33.7 Å². The first kappa shape index (κ1) is 21.5. The van der Waals surface area contributed by atoms with E-state index in [0.717, 1.165) is 16.7 Å². The number of carbonyl (C=O) groups excluding carboxylic acids is 1. The summed E-state index contributed by atoms with van der Waals surface area (Å²) in [5.74, 6) is 0.150. The molecule has 6 heteroatoms. The number of phenolic OH excluding ortho intramolecular Hbond substituents is 1. The number of aliphatic imine (C=N–C) groups is 1. The Labute approximate surface area is 166 Å². The molecule has 0 aliphatic carbocycles. The Kier molecular flexibility index (Phi) is 6.43. The van der Waals surface area contributed by atoms with Crippen molar-refractivity contribution in [3.63, 3.8) is 0 Å². The fourth-order valence-electron chi connectivity index (χ4n) is 2.79. The van der Waals surface area contributed by atoms with E-state index in [-0.39, 0.29) is 23.3 Å². The van der Waals surface area contributed by atoms with Gasteiger partial charge in [-0.05, 0) is 52.8 Å². The molecule has 27 heavy (non-hydrogen) atoms. The summed E-state index contributed by atoms with van der Waals surface area (Å²) in [6.45, 7) is 12.9. The molecule has 1 aromatic carbocycles. The largest absolute Gasteiger partial charge is 0.507 e. The van der Waals surface area contributed by atoms with Crippen molar-refractivity contribution in [1.29, 1.82) is 0 Å². The summed E-state index contributed by atoms with van der Waals surface area (Å²) in [5.41, 5.74) is 2.17. The quantitative estimate of drug-likeness (QED) is 0.537. The molecule has 0 unspecified atom stereocenters. The molecule has 1 fully saturated rings. The van der Waals surface area contributed by atoms with Gasteiger partial charge in [0.2, 0.25) is 0 Å². The topological polar surface area (TPSA) is 81.9 Å². The first-order chi connectivity index (χ1) is 12.4. The second kappa shape index (κ2) is 8.07. The maximum Gasteiger partial charge on any atom is 0.264 e. The van der Waals surface area contributed by atoms with Crippen molar-refractivity contribution >= 4 is 28.9 Å². The van der Waals surface area contributed by atoms with Crippen molar-refractivity contribution in [3.8, 4) is 5.75 Å². The molecule has 1 aliphatic heterocycles. The number of amides is 1. The van der Waals surface area contributed by atoms with Gasteiger partial charge in [-0.25, -0.2) is 0 Å². The molecule has 1 amide bonds. The molecular formula is C21H30N2O3S. The number of aliphatic hydroxyl groups is 1. The van der Waals surface area contributed by atoms with Crippen LogP contribution in [0, 0.1) is 0 Å². The standard InChI is InChI=1S/C21H30N2O3S/c1-20(2,3)14-10-13(11-15(17(14)25)21(4,5)6)12-16-18(26)23-19(27-16)22-8-7-9-24/h10-12,24-25H,7-9H2,1-6H3,(H,22,23,26)/b16-12-. The third kappa shape index (κ3) is 5.36. The lowest BCUT2D eigenvalue weighted by Crippen LogP contribution is -2.20. The van der Waals surface area contributed by atoms with Gasteiger partial charge in [0.1, 0.15) is 5.75 Å². The van der Waals surface area contributed by atoms with E-state index in [1.165, 1.54) is 11.8 Å². The van der Waals surface area contributed by atoms with E-state index >= 15 is 0 Å². The molecule has 148 valence electrons. The minimum absolute atomic E-state index is 0.0801. The van der Waals surface area contributed by atoms with Crippen molar-refractivity contribution in [1.82, 2.24) is 5.32 Å². The Hall–Kier alpha value is -1.79. The van der Waals surface area contributed by atoms with E-state index in [9.17, 15) is 9.90 Å². The maximum atomic E-state index is 12.3. The number of carbonyl (C=O) groups is 1. The second-order valence-corrected chi connectivity index (χ2v) is 9.82. The Bertz CT molecular complexity index is 749. The van der Waals surface area contributed by atoms with Gasteiger partial charge in [-0.1, -0.05) is 41.5 Å². The van der Waals surface area contributed by atoms with E-state index in [4.69, 9.17) is 5.11 Å². The summed E-state index contributed by atoms with van der Waals surface area (Å²) in [7, 11) is 0. The lowest BCUT2D eigenvalue weighted by Gasteiger charge is -2.28. The van der Waals surface area contributed by atoms with E-state index < -0.39 is 0 Å². The maximum absolute atomic E-state index is 12.3. The molecule has 0 bridgehead atoms. The van der Waals surface area contributed by atoms with Gasteiger partial charge in [0.15, 0.2) is 5.17 Å². The lowest BCUT2D eigenvalue weighted by molar-refractivity contribution is -0.115. The van der Waals surface area contributed by atoms with Gasteiger partial charge in [-0.3, -0.25) is 9.79 Å². The highest BCUT2D eigenvalue weighted by Gasteiger charge is 2.28.